The fraction of sp³-hybridized carbons (Fsp3) is 0.812. The average molecular weight is 541 g/mol. The monoisotopic (exact) mass is 540 g/mol. The average Bonchev–Trinajstić information content (AvgIpc) is 3.24. The zero-order valence-electron chi connectivity index (χ0n) is 24.9. The fourth-order valence-electron chi connectivity index (χ4n) is 9.12. The lowest BCUT2D eigenvalue weighted by atomic mass is 9.46. The summed E-state index contributed by atoms with van der Waals surface area (Å²) in [6, 6.07) is 0. The van der Waals surface area contributed by atoms with Crippen LogP contribution >= 0.6 is 0 Å². The van der Waals surface area contributed by atoms with Crippen LogP contribution in [0.4, 0.5) is 4.79 Å². The Morgan fingerprint density at radius 3 is 2.38 bits per heavy atom. The van der Waals surface area contributed by atoms with Crippen molar-refractivity contribution >= 4 is 23.6 Å². The topological polar surface area (TPSA) is 85.3 Å². The molecule has 0 spiro atoms. The number of ketones is 1. The summed E-state index contributed by atoms with van der Waals surface area (Å²) in [6.07, 6.45) is 11.5. The van der Waals surface area contributed by atoms with Crippen molar-refractivity contribution in [3.05, 3.63) is 11.6 Å². The molecule has 5 rings (SSSR count). The van der Waals surface area contributed by atoms with Gasteiger partial charge in [-0.25, -0.2) is 9.59 Å². The third-order valence-electron chi connectivity index (χ3n) is 11.2. The summed E-state index contributed by atoms with van der Waals surface area (Å²) >= 11 is 0. The maximum atomic E-state index is 12.9. The minimum Gasteiger partial charge on any atom is -0.444 e. The van der Waals surface area contributed by atoms with Crippen LogP contribution in [0.3, 0.4) is 0 Å². The molecular formula is C32H48N2O5. The van der Waals surface area contributed by atoms with Gasteiger partial charge in [-0.15, -0.1) is 0 Å². The summed E-state index contributed by atoms with van der Waals surface area (Å²) in [5, 5.41) is 4.43. The van der Waals surface area contributed by atoms with E-state index in [4.69, 9.17) is 9.57 Å². The molecule has 0 aromatic carbocycles. The molecule has 0 N–H and O–H groups in total. The lowest BCUT2D eigenvalue weighted by Gasteiger charge is -2.58. The van der Waals surface area contributed by atoms with Crippen molar-refractivity contribution in [2.45, 2.75) is 111 Å². The Morgan fingerprint density at radius 1 is 0.974 bits per heavy atom. The van der Waals surface area contributed by atoms with Crippen LogP contribution in [0.15, 0.2) is 16.8 Å². The Bertz CT molecular complexity index is 1060. The van der Waals surface area contributed by atoms with Crippen molar-refractivity contribution in [2.24, 2.45) is 45.6 Å². The van der Waals surface area contributed by atoms with Crippen LogP contribution in [0.5, 0.6) is 0 Å². The number of amides is 1. The minimum absolute atomic E-state index is 0.183. The lowest BCUT2D eigenvalue weighted by Crippen LogP contribution is -2.51. The van der Waals surface area contributed by atoms with E-state index in [0.29, 0.717) is 61.8 Å². The molecule has 39 heavy (non-hydrogen) atoms. The van der Waals surface area contributed by atoms with Gasteiger partial charge in [0.15, 0.2) is 5.78 Å². The highest BCUT2D eigenvalue weighted by Crippen LogP contribution is 2.66. The summed E-state index contributed by atoms with van der Waals surface area (Å²) in [7, 11) is 0. The smallest absolute Gasteiger partial charge is 0.410 e. The molecule has 3 saturated carbocycles. The normalized spacial score (nSPS) is 37.4. The SMILES string of the molecule is C/C(=N\OC(=O)C1CCN(C(=O)OC(C)(C)C)CC1)[C@H]1CC[C@H]2[C@@H]3CCC4=CC(=O)CC[C@]4(C)[C@H]3CC[C@]12C. The van der Waals surface area contributed by atoms with E-state index in [9.17, 15) is 14.4 Å². The second-order valence-corrected chi connectivity index (χ2v) is 14.5. The Labute approximate surface area is 234 Å². The highest BCUT2D eigenvalue weighted by atomic mass is 16.7. The first-order valence-electron chi connectivity index (χ1n) is 15.3. The van der Waals surface area contributed by atoms with Gasteiger partial charge in [-0.1, -0.05) is 24.6 Å². The number of oxime groups is 1. The Hall–Kier alpha value is -2.18. The number of hydrogen-bond acceptors (Lipinski definition) is 6. The number of rotatable bonds is 3. The van der Waals surface area contributed by atoms with Crippen LogP contribution in [0.25, 0.3) is 0 Å². The van der Waals surface area contributed by atoms with E-state index in [1.165, 1.54) is 31.3 Å². The van der Waals surface area contributed by atoms with E-state index in [0.717, 1.165) is 25.0 Å². The lowest BCUT2D eigenvalue weighted by molar-refractivity contribution is -0.150. The fourth-order valence-corrected chi connectivity index (χ4v) is 9.12. The summed E-state index contributed by atoms with van der Waals surface area (Å²) in [4.78, 5) is 44.5. The molecule has 1 amide bonds. The molecule has 7 heteroatoms. The van der Waals surface area contributed by atoms with Crippen molar-refractivity contribution in [1.82, 2.24) is 4.90 Å². The molecule has 6 atom stereocenters. The number of carbonyl (C=O) groups is 3. The molecule has 1 saturated heterocycles. The molecule has 1 aliphatic heterocycles. The van der Waals surface area contributed by atoms with Gasteiger partial charge in [-0.2, -0.15) is 0 Å². The van der Waals surface area contributed by atoms with Crippen LogP contribution in [0.1, 0.15) is 106 Å². The molecule has 0 radical (unpaired) electrons. The summed E-state index contributed by atoms with van der Waals surface area (Å²) in [5.41, 5.74) is 2.21. The Morgan fingerprint density at radius 2 is 1.69 bits per heavy atom. The quantitative estimate of drug-likeness (QED) is 0.226. The van der Waals surface area contributed by atoms with Crippen LogP contribution < -0.4 is 0 Å². The van der Waals surface area contributed by atoms with E-state index >= 15 is 0 Å². The molecular weight excluding hydrogens is 492 g/mol. The van der Waals surface area contributed by atoms with Crippen molar-refractivity contribution < 1.29 is 24.0 Å². The van der Waals surface area contributed by atoms with Gasteiger partial charge in [0.25, 0.3) is 0 Å². The van der Waals surface area contributed by atoms with E-state index < -0.39 is 5.60 Å². The highest BCUT2D eigenvalue weighted by Gasteiger charge is 2.59. The van der Waals surface area contributed by atoms with Gasteiger partial charge in [0.1, 0.15) is 5.60 Å². The molecule has 7 nitrogen and oxygen atoms in total. The van der Waals surface area contributed by atoms with Gasteiger partial charge in [0.2, 0.25) is 0 Å². The second-order valence-electron chi connectivity index (χ2n) is 14.5. The zero-order valence-corrected chi connectivity index (χ0v) is 24.9. The third kappa shape index (κ3) is 5.31. The van der Waals surface area contributed by atoms with Crippen LogP contribution in [-0.2, 0) is 19.2 Å². The predicted octanol–water partition coefficient (Wildman–Crippen LogP) is 6.70. The molecule has 0 aromatic rings. The molecule has 216 valence electrons. The van der Waals surface area contributed by atoms with Crippen LogP contribution in [0.2, 0.25) is 0 Å². The van der Waals surface area contributed by atoms with Crippen LogP contribution in [0, 0.1) is 40.4 Å². The van der Waals surface area contributed by atoms with Gasteiger partial charge < -0.3 is 14.5 Å². The summed E-state index contributed by atoms with van der Waals surface area (Å²) in [5.74, 6) is 2.16. The van der Waals surface area contributed by atoms with Gasteiger partial charge in [0, 0.05) is 25.4 Å². The predicted molar refractivity (Wildman–Crippen MR) is 150 cm³/mol. The highest BCUT2D eigenvalue weighted by molar-refractivity contribution is 5.91. The van der Waals surface area contributed by atoms with Crippen molar-refractivity contribution in [3.63, 3.8) is 0 Å². The Kier molecular flexibility index (Phi) is 7.51. The molecule has 1 heterocycles. The van der Waals surface area contributed by atoms with Gasteiger partial charge in [-0.3, -0.25) is 4.79 Å². The number of allylic oxidation sites excluding steroid dienone is 1. The molecule has 0 unspecified atom stereocenters. The minimum atomic E-state index is -0.528. The number of nitrogens with zero attached hydrogens (tertiary/aromatic N) is 2. The maximum Gasteiger partial charge on any atom is 0.410 e. The van der Waals surface area contributed by atoms with Crippen LogP contribution in [-0.4, -0.2) is 47.1 Å². The summed E-state index contributed by atoms with van der Waals surface area (Å²) in [6.45, 7) is 13.5. The second kappa shape index (κ2) is 10.3. The van der Waals surface area contributed by atoms with E-state index in [1.54, 1.807) is 4.90 Å². The van der Waals surface area contributed by atoms with Gasteiger partial charge in [0.05, 0.1) is 11.6 Å². The van der Waals surface area contributed by atoms with E-state index in [1.807, 2.05) is 33.8 Å². The van der Waals surface area contributed by atoms with Gasteiger partial charge >= 0.3 is 12.1 Å². The standard InChI is InChI=1S/C32H48N2O5/c1-20(33-39-28(36)21-13-17-34(18-14-21)29(37)38-30(2,3)4)25-9-10-26-24-8-7-22-19-23(35)11-15-31(22,5)27(24)12-16-32(25,26)6/h19,21,24-27H,7-18H2,1-6H3/b33-20+/t24-,25+,26-,27-,31-,32+/m0/s1. The number of likely N-dealkylation sites (tertiary alicyclic amines) is 1. The molecule has 0 aromatic heterocycles. The van der Waals surface area contributed by atoms with E-state index in [2.05, 4.69) is 19.0 Å². The first-order chi connectivity index (χ1) is 18.3. The third-order valence-corrected chi connectivity index (χ3v) is 11.2. The maximum absolute atomic E-state index is 12.9. The van der Waals surface area contributed by atoms with Crippen molar-refractivity contribution in [2.75, 3.05) is 13.1 Å². The molecule has 5 aliphatic rings. The zero-order chi connectivity index (χ0) is 28.2. The molecule has 4 fully saturated rings. The number of hydrogen-bond donors (Lipinski definition) is 0. The number of piperidine rings is 1. The number of carbonyl (C=O) groups excluding carboxylic acids is 3. The van der Waals surface area contributed by atoms with Crippen molar-refractivity contribution in [3.8, 4) is 0 Å². The molecule has 4 aliphatic carbocycles. The number of ether oxygens (including phenoxy) is 1. The first-order valence-corrected chi connectivity index (χ1v) is 15.3. The largest absolute Gasteiger partial charge is 0.444 e. The molecule has 0 bridgehead atoms. The summed E-state index contributed by atoms with van der Waals surface area (Å²) < 4.78 is 5.46. The van der Waals surface area contributed by atoms with Crippen molar-refractivity contribution in [1.29, 1.82) is 0 Å². The van der Waals surface area contributed by atoms with Gasteiger partial charge in [-0.05, 0) is 120 Å². The van der Waals surface area contributed by atoms with E-state index in [-0.39, 0.29) is 28.8 Å². The Balaban J connectivity index is 1.18. The number of fused-ring (bicyclic) bond motifs is 5. The first kappa shape index (κ1) is 28.4.